The molecule has 0 bridgehead atoms. The zero-order chi connectivity index (χ0) is 13.0. The van der Waals surface area contributed by atoms with Crippen LogP contribution in [0.5, 0.6) is 0 Å². The largest absolute Gasteiger partial charge is 0.359 e. The Bertz CT molecular complexity index is 409. The Hall–Kier alpha value is -1.03. The van der Waals surface area contributed by atoms with E-state index in [1.54, 1.807) is 0 Å². The van der Waals surface area contributed by atoms with Gasteiger partial charge in [0.1, 0.15) is 0 Å². The van der Waals surface area contributed by atoms with Gasteiger partial charge in [-0.1, -0.05) is 38.6 Å². The Morgan fingerprint density at radius 2 is 2.22 bits per heavy atom. The molecule has 0 aliphatic carbocycles. The number of aliphatic imine (C=N–C) groups is 1. The number of pyridine rings is 1. The van der Waals surface area contributed by atoms with Gasteiger partial charge >= 0.3 is 0 Å². The molecule has 1 aromatic rings. The average Bonchev–Trinajstić information content (AvgIpc) is 2.73. The molecule has 4 heteroatoms. The van der Waals surface area contributed by atoms with Gasteiger partial charge in [-0.3, -0.25) is 9.98 Å². The van der Waals surface area contributed by atoms with Crippen molar-refractivity contribution in [2.75, 3.05) is 6.54 Å². The summed E-state index contributed by atoms with van der Waals surface area (Å²) in [5.41, 5.74) is 1.43. The summed E-state index contributed by atoms with van der Waals surface area (Å²) >= 11 is 1.87. The summed E-state index contributed by atoms with van der Waals surface area (Å²) in [6.07, 6.45) is 3.03. The van der Waals surface area contributed by atoms with E-state index in [0.29, 0.717) is 10.7 Å². The molecule has 0 radical (unpaired) electrons. The molecule has 98 valence electrons. The van der Waals surface area contributed by atoms with E-state index in [0.717, 1.165) is 24.0 Å². The fraction of sp³-hybridized carbons (Fsp3) is 0.571. The molecule has 1 aromatic heterocycles. The third-order valence-corrected chi connectivity index (χ3v) is 3.85. The molecule has 0 aromatic carbocycles. The van der Waals surface area contributed by atoms with Crippen LogP contribution < -0.4 is 5.32 Å². The third-order valence-electron chi connectivity index (χ3n) is 2.70. The van der Waals surface area contributed by atoms with Gasteiger partial charge in [0, 0.05) is 11.4 Å². The molecule has 1 aliphatic heterocycles. The van der Waals surface area contributed by atoms with Crippen molar-refractivity contribution in [3.8, 4) is 0 Å². The molecule has 0 fully saturated rings. The monoisotopic (exact) mass is 263 g/mol. The highest BCUT2D eigenvalue weighted by atomic mass is 32.2. The summed E-state index contributed by atoms with van der Waals surface area (Å²) < 4.78 is 0. The maximum atomic E-state index is 4.56. The number of hydrogen-bond acceptors (Lipinski definition) is 4. The molecule has 0 saturated heterocycles. The van der Waals surface area contributed by atoms with Gasteiger partial charge in [0.15, 0.2) is 5.17 Å². The second-order valence-electron chi connectivity index (χ2n) is 5.83. The van der Waals surface area contributed by atoms with Crippen molar-refractivity contribution in [2.45, 2.75) is 39.0 Å². The van der Waals surface area contributed by atoms with Crippen LogP contribution in [0.3, 0.4) is 0 Å². The number of aromatic nitrogens is 1. The Labute approximate surface area is 113 Å². The molecule has 0 saturated carbocycles. The standard InChI is InChI=1S/C14H21N3S/c1-14(2,3)8-12-10-17-13(18-12)16-9-11-6-4-5-7-15-11/h4-7,12H,8-10H2,1-3H3,(H,16,17). The minimum atomic E-state index is 0.379. The second-order valence-corrected chi connectivity index (χ2v) is 7.11. The number of nitrogens with zero attached hydrogens (tertiary/aromatic N) is 2. The first-order valence-electron chi connectivity index (χ1n) is 6.38. The fourth-order valence-corrected chi connectivity index (χ4v) is 3.33. The predicted octanol–water partition coefficient (Wildman–Crippen LogP) is 3.08. The van der Waals surface area contributed by atoms with E-state index < -0.39 is 0 Å². The first kappa shape index (κ1) is 13.4. The number of hydrogen-bond donors (Lipinski definition) is 1. The van der Waals surface area contributed by atoms with Gasteiger partial charge in [0.05, 0.1) is 18.8 Å². The van der Waals surface area contributed by atoms with Gasteiger partial charge in [-0.15, -0.1) is 0 Å². The lowest BCUT2D eigenvalue weighted by atomic mass is 9.90. The van der Waals surface area contributed by atoms with Crippen molar-refractivity contribution in [2.24, 2.45) is 10.4 Å². The van der Waals surface area contributed by atoms with E-state index >= 15 is 0 Å². The molecule has 3 nitrogen and oxygen atoms in total. The summed E-state index contributed by atoms with van der Waals surface area (Å²) in [7, 11) is 0. The first-order chi connectivity index (χ1) is 8.53. The van der Waals surface area contributed by atoms with Crippen molar-refractivity contribution >= 4 is 16.9 Å². The van der Waals surface area contributed by atoms with Crippen molar-refractivity contribution in [3.05, 3.63) is 30.1 Å². The van der Waals surface area contributed by atoms with Gasteiger partial charge < -0.3 is 5.32 Å². The van der Waals surface area contributed by atoms with E-state index in [1.807, 2.05) is 36.2 Å². The van der Waals surface area contributed by atoms with E-state index in [4.69, 9.17) is 0 Å². The van der Waals surface area contributed by atoms with Gasteiger partial charge in [-0.25, -0.2) is 0 Å². The molecule has 18 heavy (non-hydrogen) atoms. The fourth-order valence-electron chi connectivity index (χ4n) is 1.97. The maximum Gasteiger partial charge on any atom is 0.157 e. The van der Waals surface area contributed by atoms with Crippen LogP contribution in [-0.2, 0) is 6.54 Å². The van der Waals surface area contributed by atoms with Crippen LogP contribution in [0.15, 0.2) is 29.4 Å². The minimum absolute atomic E-state index is 0.379. The van der Waals surface area contributed by atoms with Crippen LogP contribution in [0.25, 0.3) is 0 Å². The number of thioether (sulfide) groups is 1. The Balaban J connectivity index is 1.76. The van der Waals surface area contributed by atoms with Gasteiger partial charge in [-0.05, 0) is 24.0 Å². The number of rotatable bonds is 3. The molecule has 1 unspecified atom stereocenters. The molecule has 1 aliphatic rings. The molecule has 1 N–H and O–H groups in total. The first-order valence-corrected chi connectivity index (χ1v) is 7.26. The van der Waals surface area contributed by atoms with Crippen molar-refractivity contribution in [1.29, 1.82) is 0 Å². The highest BCUT2D eigenvalue weighted by Gasteiger charge is 2.24. The van der Waals surface area contributed by atoms with Crippen LogP contribution in [0.4, 0.5) is 0 Å². The summed E-state index contributed by atoms with van der Waals surface area (Å²) in [5.74, 6) is 0. The van der Waals surface area contributed by atoms with E-state index in [2.05, 4.69) is 36.1 Å². The van der Waals surface area contributed by atoms with Gasteiger partial charge in [-0.2, -0.15) is 0 Å². The molecular weight excluding hydrogens is 242 g/mol. The predicted molar refractivity (Wildman–Crippen MR) is 78.8 cm³/mol. The van der Waals surface area contributed by atoms with Crippen molar-refractivity contribution < 1.29 is 0 Å². The zero-order valence-electron chi connectivity index (χ0n) is 11.3. The molecule has 1 atom stereocenters. The van der Waals surface area contributed by atoms with E-state index in [1.165, 1.54) is 6.42 Å². The van der Waals surface area contributed by atoms with Gasteiger partial charge in [0.2, 0.25) is 0 Å². The average molecular weight is 263 g/mol. The van der Waals surface area contributed by atoms with E-state index in [-0.39, 0.29) is 0 Å². The van der Waals surface area contributed by atoms with Crippen LogP contribution >= 0.6 is 11.8 Å². The van der Waals surface area contributed by atoms with Crippen LogP contribution in [0, 0.1) is 5.41 Å². The summed E-state index contributed by atoms with van der Waals surface area (Å²) in [5, 5.41) is 5.05. The van der Waals surface area contributed by atoms with Crippen LogP contribution in [0.1, 0.15) is 32.9 Å². The highest BCUT2D eigenvalue weighted by Crippen LogP contribution is 2.31. The molecule has 2 rings (SSSR count). The van der Waals surface area contributed by atoms with Crippen molar-refractivity contribution in [3.63, 3.8) is 0 Å². The molecular formula is C14H21N3S. The molecule has 2 heterocycles. The minimum Gasteiger partial charge on any atom is -0.359 e. The SMILES string of the molecule is CC(C)(C)CC1CN=C(NCc2ccccn2)S1. The van der Waals surface area contributed by atoms with Gasteiger partial charge in [0.25, 0.3) is 0 Å². The normalized spacial score (nSPS) is 19.7. The van der Waals surface area contributed by atoms with Crippen molar-refractivity contribution in [1.82, 2.24) is 10.3 Å². The Morgan fingerprint density at radius 1 is 1.39 bits per heavy atom. The Morgan fingerprint density at radius 3 is 2.89 bits per heavy atom. The second kappa shape index (κ2) is 5.74. The lowest BCUT2D eigenvalue weighted by Crippen LogP contribution is -2.20. The summed E-state index contributed by atoms with van der Waals surface area (Å²) in [6.45, 7) is 8.55. The van der Waals surface area contributed by atoms with E-state index in [9.17, 15) is 0 Å². The Kier molecular flexibility index (Phi) is 4.27. The molecule has 0 spiro atoms. The highest BCUT2D eigenvalue weighted by molar-refractivity contribution is 8.14. The lowest BCUT2D eigenvalue weighted by Gasteiger charge is -2.21. The number of amidine groups is 1. The quantitative estimate of drug-likeness (QED) is 0.910. The number of nitrogens with one attached hydrogen (secondary N) is 1. The third kappa shape index (κ3) is 4.33. The summed E-state index contributed by atoms with van der Waals surface area (Å²) in [6, 6.07) is 5.97. The topological polar surface area (TPSA) is 37.3 Å². The summed E-state index contributed by atoms with van der Waals surface area (Å²) in [4.78, 5) is 8.85. The van der Waals surface area contributed by atoms with Crippen LogP contribution in [0.2, 0.25) is 0 Å². The zero-order valence-corrected chi connectivity index (χ0v) is 12.1. The lowest BCUT2D eigenvalue weighted by molar-refractivity contribution is 0.375. The van der Waals surface area contributed by atoms with Crippen LogP contribution in [-0.4, -0.2) is 21.9 Å². The smallest absolute Gasteiger partial charge is 0.157 e. The maximum absolute atomic E-state index is 4.56. The molecule has 0 amide bonds.